The number of carbonyl (C=O) groups is 2. The highest BCUT2D eigenvalue weighted by molar-refractivity contribution is 9.10. The smallest absolute Gasteiger partial charge is 0.261 e. The normalized spacial score (nSPS) is 13.8. The summed E-state index contributed by atoms with van der Waals surface area (Å²) in [5, 5.41) is 0. The van der Waals surface area contributed by atoms with E-state index >= 15 is 0 Å². The van der Waals surface area contributed by atoms with Gasteiger partial charge in [0, 0.05) is 11.0 Å². The number of carbonyl (C=O) groups excluding carboxylic acids is 2. The third-order valence-electron chi connectivity index (χ3n) is 4.98. The van der Waals surface area contributed by atoms with Crippen LogP contribution in [-0.4, -0.2) is 23.3 Å². The number of halogens is 1. The molecule has 0 spiro atoms. The van der Waals surface area contributed by atoms with Crippen LogP contribution in [0.1, 0.15) is 33.2 Å². The van der Waals surface area contributed by atoms with Gasteiger partial charge in [-0.3, -0.25) is 14.5 Å². The molecule has 0 saturated carbocycles. The second-order valence-electron chi connectivity index (χ2n) is 6.74. The number of allylic oxidation sites excluding steroid dienone is 1. The van der Waals surface area contributed by atoms with E-state index in [1.54, 1.807) is 24.3 Å². The number of imide groups is 1. The molecule has 1 heterocycles. The Balaban J connectivity index is 1.50. The first-order valence-electron chi connectivity index (χ1n) is 9.03. The summed E-state index contributed by atoms with van der Waals surface area (Å²) >= 11 is 3.45. The lowest BCUT2D eigenvalue weighted by Gasteiger charge is -2.12. The molecular weight excluding hydrogens is 414 g/mol. The molecule has 4 rings (SSSR count). The van der Waals surface area contributed by atoms with Crippen molar-refractivity contribution >= 4 is 33.3 Å². The van der Waals surface area contributed by atoms with Crippen molar-refractivity contribution in [2.24, 2.45) is 0 Å². The van der Waals surface area contributed by atoms with E-state index in [9.17, 15) is 9.59 Å². The Kier molecular flexibility index (Phi) is 4.97. The topological polar surface area (TPSA) is 37.4 Å². The zero-order valence-electron chi connectivity index (χ0n) is 15.4. The molecule has 3 nitrogen and oxygen atoms in total. The third-order valence-corrected chi connectivity index (χ3v) is 5.50. The summed E-state index contributed by atoms with van der Waals surface area (Å²) in [6, 6.07) is 23.4. The highest BCUT2D eigenvalue weighted by Crippen LogP contribution is 2.25. The van der Waals surface area contributed by atoms with Crippen molar-refractivity contribution in [2.75, 3.05) is 6.54 Å². The molecule has 0 fully saturated rings. The second-order valence-corrected chi connectivity index (χ2v) is 7.65. The van der Waals surface area contributed by atoms with Crippen LogP contribution >= 0.6 is 15.9 Å². The van der Waals surface area contributed by atoms with Crippen LogP contribution in [0.2, 0.25) is 0 Å². The highest BCUT2D eigenvalue weighted by atomic mass is 79.9. The quantitative estimate of drug-likeness (QED) is 0.488. The molecule has 0 aromatic heterocycles. The predicted octanol–water partition coefficient (Wildman–Crippen LogP) is 5.82. The molecule has 0 saturated heterocycles. The van der Waals surface area contributed by atoms with Crippen molar-refractivity contribution < 1.29 is 9.59 Å². The lowest BCUT2D eigenvalue weighted by atomic mass is 10.0. The van der Waals surface area contributed by atoms with Crippen molar-refractivity contribution in [3.05, 3.63) is 100 Å². The summed E-state index contributed by atoms with van der Waals surface area (Å²) in [4.78, 5) is 26.2. The SMILES string of the molecule is CC(=CCN1C(=O)c2ccccc2C1=O)c1ccc(-c2ccc(Br)cc2)cc1. The lowest BCUT2D eigenvalue weighted by Crippen LogP contribution is -2.29. The van der Waals surface area contributed by atoms with Crippen LogP contribution in [0.25, 0.3) is 16.7 Å². The fourth-order valence-corrected chi connectivity index (χ4v) is 3.58. The summed E-state index contributed by atoms with van der Waals surface area (Å²) in [6.07, 6.45) is 1.93. The van der Waals surface area contributed by atoms with Gasteiger partial charge in [-0.2, -0.15) is 0 Å². The van der Waals surface area contributed by atoms with Crippen LogP contribution < -0.4 is 0 Å². The van der Waals surface area contributed by atoms with Gasteiger partial charge in [0.1, 0.15) is 0 Å². The number of hydrogen-bond acceptors (Lipinski definition) is 2. The van der Waals surface area contributed by atoms with Gasteiger partial charge in [0.2, 0.25) is 0 Å². The van der Waals surface area contributed by atoms with E-state index in [1.807, 2.05) is 25.1 Å². The summed E-state index contributed by atoms with van der Waals surface area (Å²) in [7, 11) is 0. The molecule has 3 aromatic rings. The monoisotopic (exact) mass is 431 g/mol. The molecule has 4 heteroatoms. The van der Waals surface area contributed by atoms with E-state index in [4.69, 9.17) is 0 Å². The zero-order valence-corrected chi connectivity index (χ0v) is 16.9. The van der Waals surface area contributed by atoms with Gasteiger partial charge >= 0.3 is 0 Å². The summed E-state index contributed by atoms with van der Waals surface area (Å²) in [5.41, 5.74) is 5.36. The standard InChI is InChI=1S/C24H18BrNO2/c1-16(14-15-26-23(27)21-4-2-3-5-22(21)24(26)28)17-6-8-18(9-7-17)19-10-12-20(25)13-11-19/h2-14H,15H2,1H3. The van der Waals surface area contributed by atoms with Crippen molar-refractivity contribution in [1.29, 1.82) is 0 Å². The number of fused-ring (bicyclic) bond motifs is 1. The van der Waals surface area contributed by atoms with Crippen LogP contribution in [0, 0.1) is 0 Å². The molecule has 1 aliphatic heterocycles. The summed E-state index contributed by atoms with van der Waals surface area (Å²) < 4.78 is 1.06. The number of nitrogens with zero attached hydrogens (tertiary/aromatic N) is 1. The number of amides is 2. The Morgan fingerprint density at radius 3 is 1.86 bits per heavy atom. The van der Waals surface area contributed by atoms with Crippen molar-refractivity contribution in [3.63, 3.8) is 0 Å². The Morgan fingerprint density at radius 2 is 1.32 bits per heavy atom. The molecule has 0 N–H and O–H groups in total. The molecule has 1 aliphatic rings. The lowest BCUT2D eigenvalue weighted by molar-refractivity contribution is 0.0672. The first-order valence-corrected chi connectivity index (χ1v) is 9.82. The summed E-state index contributed by atoms with van der Waals surface area (Å²) in [5.74, 6) is -0.453. The molecule has 0 aliphatic carbocycles. The molecule has 138 valence electrons. The molecule has 3 aromatic carbocycles. The first kappa shape index (κ1) is 18.4. The molecule has 0 radical (unpaired) electrons. The maximum Gasteiger partial charge on any atom is 0.261 e. The van der Waals surface area contributed by atoms with Crippen molar-refractivity contribution in [3.8, 4) is 11.1 Å². The minimum atomic E-state index is -0.227. The molecule has 2 amide bonds. The number of benzene rings is 3. The van der Waals surface area contributed by atoms with E-state index in [-0.39, 0.29) is 18.4 Å². The second kappa shape index (κ2) is 7.56. The van der Waals surface area contributed by atoms with E-state index in [2.05, 4.69) is 52.3 Å². The van der Waals surface area contributed by atoms with E-state index < -0.39 is 0 Å². The Labute approximate surface area is 172 Å². The van der Waals surface area contributed by atoms with Crippen LogP contribution in [-0.2, 0) is 0 Å². The van der Waals surface area contributed by atoms with Crippen LogP contribution in [0.5, 0.6) is 0 Å². The Morgan fingerprint density at radius 1 is 0.821 bits per heavy atom. The third kappa shape index (κ3) is 3.43. The van der Waals surface area contributed by atoms with E-state index in [0.29, 0.717) is 11.1 Å². The largest absolute Gasteiger partial charge is 0.270 e. The maximum absolute atomic E-state index is 12.5. The van der Waals surface area contributed by atoms with Crippen LogP contribution in [0.4, 0.5) is 0 Å². The molecule has 0 unspecified atom stereocenters. The summed E-state index contributed by atoms with van der Waals surface area (Å²) in [6.45, 7) is 2.26. The minimum Gasteiger partial charge on any atom is -0.270 e. The molecule has 0 bridgehead atoms. The van der Waals surface area contributed by atoms with Crippen LogP contribution in [0.15, 0.2) is 83.3 Å². The van der Waals surface area contributed by atoms with Gasteiger partial charge in [-0.05, 0) is 53.5 Å². The van der Waals surface area contributed by atoms with Gasteiger partial charge < -0.3 is 0 Å². The fourth-order valence-electron chi connectivity index (χ4n) is 3.32. The zero-order chi connectivity index (χ0) is 19.7. The van der Waals surface area contributed by atoms with Crippen molar-refractivity contribution in [1.82, 2.24) is 4.90 Å². The molecule has 0 atom stereocenters. The van der Waals surface area contributed by atoms with Gasteiger partial charge in [0.25, 0.3) is 11.8 Å². The van der Waals surface area contributed by atoms with Gasteiger partial charge in [-0.15, -0.1) is 0 Å². The van der Waals surface area contributed by atoms with Gasteiger partial charge in [0.15, 0.2) is 0 Å². The number of rotatable bonds is 4. The molecular formula is C24H18BrNO2. The predicted molar refractivity (Wildman–Crippen MR) is 115 cm³/mol. The average molecular weight is 432 g/mol. The minimum absolute atomic E-state index is 0.227. The van der Waals surface area contributed by atoms with E-state index in [0.717, 1.165) is 26.7 Å². The highest BCUT2D eigenvalue weighted by Gasteiger charge is 2.34. The number of hydrogen-bond donors (Lipinski definition) is 0. The Hall–Kier alpha value is -2.98. The van der Waals surface area contributed by atoms with Gasteiger partial charge in [-0.25, -0.2) is 0 Å². The fraction of sp³-hybridized carbons (Fsp3) is 0.0833. The van der Waals surface area contributed by atoms with Gasteiger partial charge in [0.05, 0.1) is 11.1 Å². The average Bonchev–Trinajstić information content (AvgIpc) is 2.97. The maximum atomic E-state index is 12.5. The van der Waals surface area contributed by atoms with E-state index in [1.165, 1.54) is 4.90 Å². The van der Waals surface area contributed by atoms with Crippen molar-refractivity contribution in [2.45, 2.75) is 6.92 Å². The molecule has 28 heavy (non-hydrogen) atoms. The first-order chi connectivity index (χ1) is 13.5. The van der Waals surface area contributed by atoms with Crippen LogP contribution in [0.3, 0.4) is 0 Å². The Bertz CT molecular complexity index is 1050. The van der Waals surface area contributed by atoms with Gasteiger partial charge in [-0.1, -0.05) is 70.5 Å².